The van der Waals surface area contributed by atoms with E-state index in [2.05, 4.69) is 15.5 Å². The molecule has 1 heterocycles. The van der Waals surface area contributed by atoms with E-state index in [0.717, 1.165) is 23.0 Å². The lowest BCUT2D eigenvalue weighted by molar-refractivity contribution is 0.0997. The van der Waals surface area contributed by atoms with Crippen LogP contribution in [0.4, 0.5) is 10.5 Å². The maximum Gasteiger partial charge on any atom is 0.294 e. The Morgan fingerprint density at radius 1 is 0.886 bits per heavy atom. The van der Waals surface area contributed by atoms with E-state index in [4.69, 9.17) is 10.5 Å². The predicted molar refractivity (Wildman–Crippen MR) is 168 cm³/mol. The summed E-state index contributed by atoms with van der Waals surface area (Å²) in [5, 5.41) is 23.7. The molecule has 6 aromatic rings. The molecule has 11 heteroatoms. The summed E-state index contributed by atoms with van der Waals surface area (Å²) in [6, 6.07) is 32.7. The third kappa shape index (κ3) is 5.81. The molecule has 2 amide bonds. The van der Waals surface area contributed by atoms with E-state index in [1.54, 1.807) is 23.1 Å². The number of primary amides is 1. The van der Waals surface area contributed by atoms with Crippen molar-refractivity contribution in [2.75, 3.05) is 4.90 Å². The second kappa shape index (κ2) is 12.3. The van der Waals surface area contributed by atoms with Gasteiger partial charge in [-0.25, -0.2) is 0 Å². The Kier molecular flexibility index (Phi) is 7.94. The van der Waals surface area contributed by atoms with Gasteiger partial charge in [0, 0.05) is 33.8 Å². The molecule has 6 rings (SSSR count). The lowest BCUT2D eigenvalue weighted by Crippen LogP contribution is -2.27. The molecule has 0 atom stereocenters. The molecule has 10 nitrogen and oxygen atoms in total. The van der Waals surface area contributed by atoms with E-state index >= 15 is 0 Å². The number of carbonyl (C=O) groups is 2. The van der Waals surface area contributed by atoms with Crippen molar-refractivity contribution in [2.45, 2.75) is 18.6 Å². The Bertz CT molecular complexity index is 1980. The molecular formula is C33H26N6O4S. The van der Waals surface area contributed by atoms with Gasteiger partial charge in [0.2, 0.25) is 5.16 Å². The Labute approximate surface area is 256 Å². The lowest BCUT2D eigenvalue weighted by Gasteiger charge is -2.24. The molecule has 44 heavy (non-hydrogen) atoms. The number of nitrogens with zero attached hydrogens (tertiary/aromatic N) is 5. The molecule has 0 spiro atoms. The number of benzene rings is 5. The van der Waals surface area contributed by atoms with Gasteiger partial charge in [0.05, 0.1) is 17.8 Å². The number of phenols is 1. The average molecular weight is 603 g/mol. The normalized spacial score (nSPS) is 10.9. The zero-order valence-corrected chi connectivity index (χ0v) is 24.3. The number of amides is 2. The minimum atomic E-state index is -0.780. The van der Waals surface area contributed by atoms with Crippen molar-refractivity contribution < 1.29 is 19.4 Å². The van der Waals surface area contributed by atoms with E-state index in [1.165, 1.54) is 10.7 Å². The first-order valence-corrected chi connectivity index (χ1v) is 14.4. The van der Waals surface area contributed by atoms with Crippen LogP contribution in [0.25, 0.3) is 16.5 Å². The fourth-order valence-electron chi connectivity index (χ4n) is 4.80. The molecule has 1 aromatic heterocycles. The van der Waals surface area contributed by atoms with Crippen LogP contribution in [0.3, 0.4) is 0 Å². The molecule has 0 saturated carbocycles. The van der Waals surface area contributed by atoms with Gasteiger partial charge in [0.15, 0.2) is 0 Å². The number of aromatic hydroxyl groups is 1. The number of para-hydroxylation sites is 2. The number of carbonyl (C=O) groups excluding carboxylic acids is 2. The first-order valence-electron chi connectivity index (χ1n) is 13.6. The first-order chi connectivity index (χ1) is 21.4. The highest BCUT2D eigenvalue weighted by atomic mass is 32.2. The van der Waals surface area contributed by atoms with E-state index in [1.807, 2.05) is 91.9 Å². The second-order valence-corrected chi connectivity index (χ2v) is 10.8. The van der Waals surface area contributed by atoms with Crippen LogP contribution in [0.1, 0.15) is 21.5 Å². The van der Waals surface area contributed by atoms with Crippen LogP contribution in [0.2, 0.25) is 0 Å². The molecule has 0 aliphatic heterocycles. The SMILES string of the molecule is Cc1ccc(Oc2cc(C(N)=O)c(O)c3ccccc23)c(CN(C(=O)Sc2nnnn2-c2ccccc2)c2ccccc2)c1. The number of nitrogens with two attached hydrogens (primary N) is 1. The largest absolute Gasteiger partial charge is 0.506 e. The summed E-state index contributed by atoms with van der Waals surface area (Å²) in [5.41, 5.74) is 8.58. The zero-order valence-electron chi connectivity index (χ0n) is 23.5. The van der Waals surface area contributed by atoms with Crippen LogP contribution in [-0.4, -0.2) is 36.5 Å². The van der Waals surface area contributed by atoms with Gasteiger partial charge in [-0.2, -0.15) is 4.68 Å². The smallest absolute Gasteiger partial charge is 0.294 e. The number of rotatable bonds is 8. The van der Waals surface area contributed by atoms with Crippen molar-refractivity contribution in [3.63, 3.8) is 0 Å². The van der Waals surface area contributed by atoms with Crippen LogP contribution < -0.4 is 15.4 Å². The number of ether oxygens (including phenoxy) is 1. The molecule has 0 aliphatic carbocycles. The third-order valence-corrected chi connectivity index (χ3v) is 7.75. The van der Waals surface area contributed by atoms with Gasteiger partial charge in [-0.05, 0) is 53.7 Å². The molecule has 0 bridgehead atoms. The summed E-state index contributed by atoms with van der Waals surface area (Å²) in [6.07, 6.45) is 0. The van der Waals surface area contributed by atoms with Gasteiger partial charge >= 0.3 is 0 Å². The van der Waals surface area contributed by atoms with Gasteiger partial charge in [-0.3, -0.25) is 14.5 Å². The van der Waals surface area contributed by atoms with E-state index in [-0.39, 0.29) is 23.1 Å². The Morgan fingerprint density at radius 2 is 1.57 bits per heavy atom. The van der Waals surface area contributed by atoms with Gasteiger partial charge in [-0.1, -0.05) is 78.4 Å². The number of thioether (sulfide) groups is 1. The van der Waals surface area contributed by atoms with E-state index in [0.29, 0.717) is 38.7 Å². The molecule has 0 unspecified atom stereocenters. The third-order valence-electron chi connectivity index (χ3n) is 6.92. The highest BCUT2D eigenvalue weighted by Gasteiger charge is 2.24. The summed E-state index contributed by atoms with van der Waals surface area (Å²) in [7, 11) is 0. The van der Waals surface area contributed by atoms with Crippen LogP contribution in [0.15, 0.2) is 114 Å². The van der Waals surface area contributed by atoms with E-state index in [9.17, 15) is 14.7 Å². The number of anilines is 1. The summed E-state index contributed by atoms with van der Waals surface area (Å²) in [6.45, 7) is 2.10. The number of hydrogen-bond acceptors (Lipinski definition) is 8. The highest BCUT2D eigenvalue weighted by Crippen LogP contribution is 2.39. The van der Waals surface area contributed by atoms with Crippen LogP contribution in [0.5, 0.6) is 17.2 Å². The second-order valence-electron chi connectivity index (χ2n) is 9.89. The molecule has 218 valence electrons. The van der Waals surface area contributed by atoms with Crippen molar-refractivity contribution in [1.29, 1.82) is 0 Å². The van der Waals surface area contributed by atoms with Crippen molar-refractivity contribution in [1.82, 2.24) is 20.2 Å². The number of aromatic nitrogens is 4. The number of aryl methyl sites for hydroxylation is 1. The summed E-state index contributed by atoms with van der Waals surface area (Å²) in [5.74, 6) is -0.181. The predicted octanol–water partition coefficient (Wildman–Crippen LogP) is 6.64. The van der Waals surface area contributed by atoms with Gasteiger partial charge < -0.3 is 15.6 Å². The first kappa shape index (κ1) is 28.4. The van der Waals surface area contributed by atoms with E-state index < -0.39 is 5.91 Å². The molecule has 0 aliphatic rings. The van der Waals surface area contributed by atoms with Crippen molar-refractivity contribution in [2.24, 2.45) is 5.73 Å². The number of fused-ring (bicyclic) bond motifs is 1. The van der Waals surface area contributed by atoms with Crippen molar-refractivity contribution in [3.8, 4) is 22.9 Å². The van der Waals surface area contributed by atoms with Gasteiger partial charge in [-0.15, -0.1) is 5.10 Å². The molecule has 3 N–H and O–H groups in total. The summed E-state index contributed by atoms with van der Waals surface area (Å²) in [4.78, 5) is 27.7. The maximum atomic E-state index is 13.9. The highest BCUT2D eigenvalue weighted by molar-refractivity contribution is 8.13. The van der Waals surface area contributed by atoms with Crippen LogP contribution >= 0.6 is 11.8 Å². The molecule has 0 radical (unpaired) electrons. The molecule has 5 aromatic carbocycles. The molecular weight excluding hydrogens is 576 g/mol. The Morgan fingerprint density at radius 3 is 2.30 bits per heavy atom. The minimum Gasteiger partial charge on any atom is -0.506 e. The van der Waals surface area contributed by atoms with Crippen molar-refractivity contribution in [3.05, 3.63) is 126 Å². The number of hydrogen-bond donors (Lipinski definition) is 2. The quantitative estimate of drug-likeness (QED) is 0.185. The molecule has 0 fully saturated rings. The maximum absolute atomic E-state index is 13.9. The summed E-state index contributed by atoms with van der Waals surface area (Å²) >= 11 is 0.910. The average Bonchev–Trinajstić information content (AvgIpc) is 3.51. The number of tetrazole rings is 1. The van der Waals surface area contributed by atoms with Crippen LogP contribution in [0, 0.1) is 6.92 Å². The Hall–Kier alpha value is -5.68. The standard InChI is InChI=1S/C33H26N6O4S/c1-21-16-17-28(43-29-19-27(31(34)41)30(40)26-15-9-8-14-25(26)29)22(18-21)20-38(23-10-4-2-5-11-23)33(42)44-32-35-36-37-39(32)24-12-6-3-7-13-24/h2-19,40H,20H2,1H3,(H2,34,41). The minimum absolute atomic E-state index is 0.0546. The van der Waals surface area contributed by atoms with Crippen molar-refractivity contribution >= 4 is 39.4 Å². The zero-order chi connectivity index (χ0) is 30.6. The topological polar surface area (TPSA) is 136 Å². The fraction of sp³-hybridized carbons (Fsp3) is 0.0606. The Balaban J connectivity index is 1.37. The lowest BCUT2D eigenvalue weighted by atomic mass is 10.0. The molecule has 0 saturated heterocycles. The summed E-state index contributed by atoms with van der Waals surface area (Å²) < 4.78 is 7.94. The fourth-order valence-corrected chi connectivity index (χ4v) is 5.54. The van der Waals surface area contributed by atoms with Gasteiger partial charge in [0.1, 0.15) is 17.2 Å². The van der Waals surface area contributed by atoms with Crippen LogP contribution in [-0.2, 0) is 6.54 Å². The van der Waals surface area contributed by atoms with Gasteiger partial charge in [0.25, 0.3) is 11.1 Å². The monoisotopic (exact) mass is 602 g/mol.